The maximum Gasteiger partial charge on any atom is 0.416 e. The molecule has 188 valence electrons. The van der Waals surface area contributed by atoms with Crippen molar-refractivity contribution in [1.82, 2.24) is 15.1 Å². The van der Waals surface area contributed by atoms with Crippen molar-refractivity contribution >= 4 is 5.91 Å². The second-order valence-electron chi connectivity index (χ2n) is 8.63. The lowest BCUT2D eigenvalue weighted by atomic mass is 10.0. The lowest BCUT2D eigenvalue weighted by molar-refractivity contribution is -0.143. The Labute approximate surface area is 189 Å². The first-order chi connectivity index (χ1) is 15.3. The third-order valence-electron chi connectivity index (χ3n) is 5.77. The van der Waals surface area contributed by atoms with Gasteiger partial charge < -0.3 is 15.3 Å². The van der Waals surface area contributed by atoms with Crippen molar-refractivity contribution in [2.24, 2.45) is 0 Å². The number of rotatable bonds is 9. The highest BCUT2D eigenvalue weighted by Gasteiger charge is 2.36. The van der Waals surface area contributed by atoms with Crippen LogP contribution in [0.1, 0.15) is 42.9 Å². The van der Waals surface area contributed by atoms with Gasteiger partial charge in [0.2, 0.25) is 5.91 Å². The molecule has 0 bridgehead atoms. The van der Waals surface area contributed by atoms with Crippen molar-refractivity contribution in [2.45, 2.75) is 57.0 Å². The van der Waals surface area contributed by atoms with Gasteiger partial charge in [-0.3, -0.25) is 9.69 Å². The Kier molecular flexibility index (Phi) is 9.57. The van der Waals surface area contributed by atoms with Gasteiger partial charge in [0.05, 0.1) is 24.3 Å². The lowest BCUT2D eigenvalue weighted by Gasteiger charge is -2.34. The molecule has 1 fully saturated rings. The molecule has 1 aromatic rings. The molecule has 2 N–H and O–H groups in total. The van der Waals surface area contributed by atoms with E-state index in [2.05, 4.69) is 5.32 Å². The summed E-state index contributed by atoms with van der Waals surface area (Å²) in [7, 11) is 1.58. The molecule has 11 heteroatoms. The second kappa shape index (κ2) is 11.5. The molecule has 2 rings (SSSR count). The number of hydrogen-bond donors (Lipinski definition) is 2. The van der Waals surface area contributed by atoms with E-state index in [1.807, 2.05) is 11.8 Å². The number of halogens is 6. The van der Waals surface area contributed by atoms with E-state index in [9.17, 15) is 31.1 Å². The molecular formula is C22H31F6N3O2. The molecule has 1 saturated heterocycles. The number of aliphatic hydroxyl groups excluding tert-OH is 1. The van der Waals surface area contributed by atoms with E-state index in [4.69, 9.17) is 5.11 Å². The summed E-state index contributed by atoms with van der Waals surface area (Å²) in [6.07, 6.45) is -7.82. The van der Waals surface area contributed by atoms with Crippen LogP contribution in [-0.2, 0) is 23.6 Å². The molecule has 1 amide bonds. The number of hydrogen-bond acceptors (Lipinski definition) is 4. The van der Waals surface area contributed by atoms with Gasteiger partial charge in [0.25, 0.3) is 0 Å². The summed E-state index contributed by atoms with van der Waals surface area (Å²) in [6, 6.07) is 1.87. The number of benzene rings is 1. The minimum absolute atomic E-state index is 0.00920. The van der Waals surface area contributed by atoms with Crippen LogP contribution in [0.3, 0.4) is 0 Å². The fraction of sp³-hybridized carbons (Fsp3) is 0.682. The Hall–Kier alpha value is -1.85. The van der Waals surface area contributed by atoms with Gasteiger partial charge in [-0.1, -0.05) is 0 Å². The zero-order valence-electron chi connectivity index (χ0n) is 18.8. The quantitative estimate of drug-likeness (QED) is 0.528. The number of carbonyl (C=O) groups is 1. The van der Waals surface area contributed by atoms with Crippen LogP contribution in [0.15, 0.2) is 18.2 Å². The highest BCUT2D eigenvalue weighted by atomic mass is 19.4. The molecule has 1 atom stereocenters. The number of aliphatic hydroxyl groups is 1. The molecule has 0 spiro atoms. The maximum atomic E-state index is 13.0. The highest BCUT2D eigenvalue weighted by Crippen LogP contribution is 2.36. The van der Waals surface area contributed by atoms with Crippen molar-refractivity contribution in [2.75, 3.05) is 39.8 Å². The zero-order valence-corrected chi connectivity index (χ0v) is 18.8. The molecule has 1 aromatic carbocycles. The monoisotopic (exact) mass is 483 g/mol. The van der Waals surface area contributed by atoms with E-state index in [0.29, 0.717) is 0 Å². The standard InChI is InChI=1S/C22H31F6N3O2/c1-15(14-32)29-19-5-8-31(9-6-19)13-20(33)30(2)7-3-4-16-10-17(21(23,24)25)12-18(11-16)22(26,27)28/h10-12,15,19,29,32H,3-9,13-14H2,1-2H3. The van der Waals surface area contributed by atoms with Crippen LogP contribution in [0.4, 0.5) is 26.3 Å². The minimum Gasteiger partial charge on any atom is -0.395 e. The Balaban J connectivity index is 1.84. The smallest absolute Gasteiger partial charge is 0.395 e. The Morgan fingerprint density at radius 3 is 2.15 bits per heavy atom. The number of nitrogens with zero attached hydrogens (tertiary/aromatic N) is 2. The van der Waals surface area contributed by atoms with Crippen molar-refractivity contribution < 1.29 is 36.2 Å². The molecule has 0 saturated carbocycles. The molecule has 5 nitrogen and oxygen atoms in total. The highest BCUT2D eigenvalue weighted by molar-refractivity contribution is 5.78. The second-order valence-corrected chi connectivity index (χ2v) is 8.63. The van der Waals surface area contributed by atoms with Gasteiger partial charge >= 0.3 is 12.4 Å². The van der Waals surface area contributed by atoms with Gasteiger partial charge in [-0.15, -0.1) is 0 Å². The number of nitrogens with one attached hydrogen (secondary N) is 1. The fourth-order valence-electron chi connectivity index (χ4n) is 3.83. The third kappa shape index (κ3) is 8.78. The predicted molar refractivity (Wildman–Crippen MR) is 112 cm³/mol. The SMILES string of the molecule is CC(CO)NC1CCN(CC(=O)N(C)CCCc2cc(C(F)(F)F)cc(C(F)(F)F)c2)CC1. The van der Waals surface area contributed by atoms with Crippen molar-refractivity contribution in [3.8, 4) is 0 Å². The van der Waals surface area contributed by atoms with E-state index in [1.54, 1.807) is 7.05 Å². The summed E-state index contributed by atoms with van der Waals surface area (Å²) < 4.78 is 77.9. The summed E-state index contributed by atoms with van der Waals surface area (Å²) >= 11 is 0. The first kappa shape index (κ1) is 27.4. The average Bonchev–Trinajstić information content (AvgIpc) is 2.73. The summed E-state index contributed by atoms with van der Waals surface area (Å²) in [5.41, 5.74) is -2.73. The van der Waals surface area contributed by atoms with Crippen LogP contribution in [-0.4, -0.2) is 72.7 Å². The van der Waals surface area contributed by atoms with Crippen LogP contribution in [0.5, 0.6) is 0 Å². The van der Waals surface area contributed by atoms with E-state index in [0.717, 1.165) is 38.1 Å². The lowest BCUT2D eigenvalue weighted by Crippen LogP contribution is -2.48. The predicted octanol–water partition coefficient (Wildman–Crippen LogP) is 3.55. The van der Waals surface area contributed by atoms with Gasteiger partial charge in [0.15, 0.2) is 0 Å². The molecule has 1 unspecified atom stereocenters. The van der Waals surface area contributed by atoms with Gasteiger partial charge in [-0.05, 0) is 56.4 Å². The van der Waals surface area contributed by atoms with Crippen LogP contribution in [0.2, 0.25) is 0 Å². The van der Waals surface area contributed by atoms with E-state index < -0.39 is 23.5 Å². The molecular weight excluding hydrogens is 452 g/mol. The largest absolute Gasteiger partial charge is 0.416 e. The summed E-state index contributed by atoms with van der Waals surface area (Å²) in [5.74, 6) is -0.148. The zero-order chi connectivity index (χ0) is 24.8. The molecule has 1 aliphatic rings. The van der Waals surface area contributed by atoms with Gasteiger partial charge in [0, 0.05) is 38.8 Å². The normalized spacial score (nSPS) is 17.2. The third-order valence-corrected chi connectivity index (χ3v) is 5.77. The number of likely N-dealkylation sites (tertiary alicyclic amines) is 1. The number of piperidine rings is 1. The van der Waals surface area contributed by atoms with E-state index in [-0.39, 0.29) is 62.2 Å². The van der Waals surface area contributed by atoms with Gasteiger partial charge in [0.1, 0.15) is 0 Å². The Morgan fingerprint density at radius 1 is 1.12 bits per heavy atom. The van der Waals surface area contributed by atoms with Gasteiger partial charge in [-0.25, -0.2) is 0 Å². The van der Waals surface area contributed by atoms with Crippen molar-refractivity contribution in [3.63, 3.8) is 0 Å². The van der Waals surface area contributed by atoms with E-state index in [1.165, 1.54) is 4.90 Å². The average molecular weight is 483 g/mol. The van der Waals surface area contributed by atoms with E-state index >= 15 is 0 Å². The number of carbonyl (C=O) groups excluding carboxylic acids is 1. The number of aryl methyl sites for hydroxylation is 1. The molecule has 0 radical (unpaired) electrons. The Bertz CT molecular complexity index is 744. The molecule has 1 aliphatic heterocycles. The number of amides is 1. The Morgan fingerprint density at radius 2 is 1.67 bits per heavy atom. The number of likely N-dealkylation sites (N-methyl/N-ethyl adjacent to an activating group) is 1. The summed E-state index contributed by atoms with van der Waals surface area (Å²) in [4.78, 5) is 15.9. The van der Waals surface area contributed by atoms with Gasteiger partial charge in [-0.2, -0.15) is 26.3 Å². The topological polar surface area (TPSA) is 55.8 Å². The summed E-state index contributed by atoms with van der Waals surface area (Å²) in [6.45, 7) is 3.83. The molecule has 33 heavy (non-hydrogen) atoms. The van der Waals surface area contributed by atoms with Crippen molar-refractivity contribution in [3.05, 3.63) is 34.9 Å². The van der Waals surface area contributed by atoms with Crippen LogP contribution in [0.25, 0.3) is 0 Å². The molecule has 0 aromatic heterocycles. The first-order valence-electron chi connectivity index (χ1n) is 10.9. The molecule has 1 heterocycles. The number of alkyl halides is 6. The minimum atomic E-state index is -4.87. The maximum absolute atomic E-state index is 13.0. The first-order valence-corrected chi connectivity index (χ1v) is 10.9. The van der Waals surface area contributed by atoms with Crippen LogP contribution < -0.4 is 5.32 Å². The molecule has 0 aliphatic carbocycles. The van der Waals surface area contributed by atoms with Crippen molar-refractivity contribution in [1.29, 1.82) is 0 Å². The summed E-state index contributed by atoms with van der Waals surface area (Å²) in [5, 5.41) is 12.4. The fourth-order valence-corrected chi connectivity index (χ4v) is 3.83. The van der Waals surface area contributed by atoms with Crippen LogP contribution in [0, 0.1) is 0 Å². The van der Waals surface area contributed by atoms with Crippen LogP contribution >= 0.6 is 0 Å².